The van der Waals surface area contributed by atoms with Crippen LogP contribution in [0.15, 0.2) is 48.8 Å². The summed E-state index contributed by atoms with van der Waals surface area (Å²) in [4.78, 5) is 27.3. The van der Waals surface area contributed by atoms with Gasteiger partial charge in [0.2, 0.25) is 0 Å². The molecule has 3 rings (SSSR count). The summed E-state index contributed by atoms with van der Waals surface area (Å²) in [5, 5.41) is 11.5. The van der Waals surface area contributed by atoms with Crippen LogP contribution in [0.2, 0.25) is 0 Å². The highest BCUT2D eigenvalue weighted by molar-refractivity contribution is 6.03. The average molecular weight is 295 g/mol. The van der Waals surface area contributed by atoms with Gasteiger partial charge >= 0.3 is 5.97 Å². The van der Waals surface area contributed by atoms with Gasteiger partial charge in [0.05, 0.1) is 5.56 Å². The predicted molar refractivity (Wildman–Crippen MR) is 81.3 cm³/mol. The highest BCUT2D eigenvalue weighted by Crippen LogP contribution is 2.13. The number of carboxylic acid groups (broad SMARTS) is 1. The molecule has 0 aliphatic carbocycles. The first-order valence-electron chi connectivity index (χ1n) is 6.63. The lowest BCUT2D eigenvalue weighted by atomic mass is 10.2. The van der Waals surface area contributed by atoms with Crippen LogP contribution in [-0.4, -0.2) is 26.4 Å². The molecule has 0 unspecified atom stereocenters. The maximum atomic E-state index is 12.2. The molecular formula is C16H13N3O3. The lowest BCUT2D eigenvalue weighted by molar-refractivity contribution is 0.0696. The summed E-state index contributed by atoms with van der Waals surface area (Å²) in [6.45, 7) is 1.93. The highest BCUT2D eigenvalue weighted by atomic mass is 16.4. The fourth-order valence-electron chi connectivity index (χ4n) is 2.15. The minimum atomic E-state index is -1.01. The number of benzene rings is 1. The van der Waals surface area contributed by atoms with Gasteiger partial charge in [-0.05, 0) is 42.8 Å². The van der Waals surface area contributed by atoms with Crippen LogP contribution in [0.3, 0.4) is 0 Å². The molecule has 0 saturated heterocycles. The number of anilines is 1. The molecule has 1 aromatic carbocycles. The Balaban J connectivity index is 1.83. The van der Waals surface area contributed by atoms with Crippen LogP contribution in [0.4, 0.5) is 5.69 Å². The third-order valence-corrected chi connectivity index (χ3v) is 3.30. The monoisotopic (exact) mass is 295 g/mol. The van der Waals surface area contributed by atoms with Crippen molar-refractivity contribution in [2.75, 3.05) is 5.32 Å². The smallest absolute Gasteiger partial charge is 0.335 e. The van der Waals surface area contributed by atoms with E-state index in [0.29, 0.717) is 11.4 Å². The largest absolute Gasteiger partial charge is 0.478 e. The van der Waals surface area contributed by atoms with Crippen molar-refractivity contribution >= 4 is 23.2 Å². The summed E-state index contributed by atoms with van der Waals surface area (Å²) < 4.78 is 1.79. The second kappa shape index (κ2) is 5.33. The fraction of sp³-hybridized carbons (Fsp3) is 0.0625. The van der Waals surface area contributed by atoms with Crippen LogP contribution < -0.4 is 5.32 Å². The number of hydrogen-bond acceptors (Lipinski definition) is 3. The van der Waals surface area contributed by atoms with Gasteiger partial charge in [-0.3, -0.25) is 4.79 Å². The van der Waals surface area contributed by atoms with Crippen LogP contribution in [0.1, 0.15) is 26.4 Å². The summed E-state index contributed by atoms with van der Waals surface area (Å²) >= 11 is 0. The Morgan fingerprint density at radius 3 is 2.55 bits per heavy atom. The molecule has 6 heteroatoms. The molecule has 3 aromatic rings. The van der Waals surface area contributed by atoms with Gasteiger partial charge in [0, 0.05) is 18.1 Å². The third-order valence-electron chi connectivity index (χ3n) is 3.30. The Morgan fingerprint density at radius 1 is 1.18 bits per heavy atom. The second-order valence-electron chi connectivity index (χ2n) is 4.88. The van der Waals surface area contributed by atoms with Gasteiger partial charge in [-0.1, -0.05) is 6.07 Å². The third kappa shape index (κ3) is 2.54. The molecule has 1 amide bonds. The van der Waals surface area contributed by atoms with E-state index in [4.69, 9.17) is 5.11 Å². The molecule has 0 saturated carbocycles. The van der Waals surface area contributed by atoms with Gasteiger partial charge in [0.1, 0.15) is 11.3 Å². The van der Waals surface area contributed by atoms with Crippen molar-refractivity contribution in [2.24, 2.45) is 0 Å². The van der Waals surface area contributed by atoms with Crippen LogP contribution in [0, 0.1) is 6.92 Å². The number of carbonyl (C=O) groups is 2. The fourth-order valence-corrected chi connectivity index (χ4v) is 2.15. The number of carboxylic acids is 1. The van der Waals surface area contributed by atoms with E-state index >= 15 is 0 Å². The SMILES string of the molecule is Cc1cccn2cc(C(=O)Nc3ccc(C(=O)O)cc3)nc12. The molecule has 2 heterocycles. The van der Waals surface area contributed by atoms with Gasteiger partial charge in [-0.25, -0.2) is 9.78 Å². The maximum Gasteiger partial charge on any atom is 0.335 e. The lowest BCUT2D eigenvalue weighted by Crippen LogP contribution is -2.12. The van der Waals surface area contributed by atoms with Crippen LogP contribution in [-0.2, 0) is 0 Å². The Hall–Kier alpha value is -3.15. The quantitative estimate of drug-likeness (QED) is 0.778. The number of imidazole rings is 1. The summed E-state index contributed by atoms with van der Waals surface area (Å²) in [6, 6.07) is 9.77. The number of amides is 1. The number of hydrogen-bond donors (Lipinski definition) is 2. The zero-order valence-corrected chi connectivity index (χ0v) is 11.8. The number of aryl methyl sites for hydroxylation is 1. The van der Waals surface area contributed by atoms with Crippen LogP contribution in [0.25, 0.3) is 5.65 Å². The summed E-state index contributed by atoms with van der Waals surface area (Å²) in [6.07, 6.45) is 3.48. The number of aromatic nitrogens is 2. The first-order valence-corrected chi connectivity index (χ1v) is 6.63. The van der Waals surface area contributed by atoms with E-state index in [1.807, 2.05) is 25.3 Å². The normalized spacial score (nSPS) is 10.6. The molecule has 0 aliphatic rings. The van der Waals surface area contributed by atoms with E-state index in [-0.39, 0.29) is 11.5 Å². The number of nitrogens with zero attached hydrogens (tertiary/aromatic N) is 2. The minimum absolute atomic E-state index is 0.168. The molecule has 6 nitrogen and oxygen atoms in total. The number of fused-ring (bicyclic) bond motifs is 1. The first kappa shape index (κ1) is 13.8. The van der Waals surface area contributed by atoms with Crippen molar-refractivity contribution in [3.63, 3.8) is 0 Å². The molecule has 0 spiro atoms. The van der Waals surface area contributed by atoms with E-state index in [9.17, 15) is 9.59 Å². The van der Waals surface area contributed by atoms with Crippen molar-refractivity contribution in [2.45, 2.75) is 6.92 Å². The standard InChI is InChI=1S/C16H13N3O3/c1-10-3-2-8-19-9-13(18-14(10)19)15(20)17-12-6-4-11(5-7-12)16(21)22/h2-9H,1H3,(H,17,20)(H,21,22). The van der Waals surface area contributed by atoms with Crippen molar-refractivity contribution in [1.82, 2.24) is 9.38 Å². The van der Waals surface area contributed by atoms with Gasteiger partial charge in [0.15, 0.2) is 0 Å². The molecule has 0 fully saturated rings. The number of aromatic carboxylic acids is 1. The van der Waals surface area contributed by atoms with E-state index in [1.165, 1.54) is 12.1 Å². The molecule has 110 valence electrons. The van der Waals surface area contributed by atoms with Crippen LogP contribution >= 0.6 is 0 Å². The highest BCUT2D eigenvalue weighted by Gasteiger charge is 2.12. The predicted octanol–water partition coefficient (Wildman–Crippen LogP) is 2.59. The molecule has 0 bridgehead atoms. The summed E-state index contributed by atoms with van der Waals surface area (Å²) in [5.41, 5.74) is 2.70. The zero-order valence-electron chi connectivity index (χ0n) is 11.8. The number of nitrogens with one attached hydrogen (secondary N) is 1. The number of pyridine rings is 1. The first-order chi connectivity index (χ1) is 10.5. The van der Waals surface area contributed by atoms with Crippen molar-refractivity contribution in [1.29, 1.82) is 0 Å². The average Bonchev–Trinajstić information content (AvgIpc) is 2.93. The topological polar surface area (TPSA) is 83.7 Å². The Kier molecular flexibility index (Phi) is 3.34. The molecule has 22 heavy (non-hydrogen) atoms. The number of rotatable bonds is 3. The molecular weight excluding hydrogens is 282 g/mol. The van der Waals surface area contributed by atoms with Gasteiger partial charge in [0.25, 0.3) is 5.91 Å². The van der Waals surface area contributed by atoms with Crippen molar-refractivity contribution < 1.29 is 14.7 Å². The minimum Gasteiger partial charge on any atom is -0.478 e. The maximum absolute atomic E-state index is 12.2. The molecule has 0 aliphatic heterocycles. The second-order valence-corrected chi connectivity index (χ2v) is 4.88. The number of carbonyl (C=O) groups excluding carboxylic acids is 1. The van der Waals surface area contributed by atoms with Crippen molar-refractivity contribution in [3.05, 3.63) is 65.6 Å². The molecule has 2 aromatic heterocycles. The Morgan fingerprint density at radius 2 is 1.91 bits per heavy atom. The molecule has 0 radical (unpaired) electrons. The van der Waals surface area contributed by atoms with Gasteiger partial charge in [-0.15, -0.1) is 0 Å². The molecule has 2 N–H and O–H groups in total. The van der Waals surface area contributed by atoms with E-state index in [1.54, 1.807) is 22.7 Å². The molecule has 0 atom stereocenters. The van der Waals surface area contributed by atoms with E-state index in [0.717, 1.165) is 11.2 Å². The summed E-state index contributed by atoms with van der Waals surface area (Å²) in [5.74, 6) is -1.35. The lowest BCUT2D eigenvalue weighted by Gasteiger charge is -2.03. The Bertz CT molecular complexity index is 866. The zero-order chi connectivity index (χ0) is 15.7. The van der Waals surface area contributed by atoms with E-state index < -0.39 is 5.97 Å². The van der Waals surface area contributed by atoms with Crippen molar-refractivity contribution in [3.8, 4) is 0 Å². The van der Waals surface area contributed by atoms with Crippen LogP contribution in [0.5, 0.6) is 0 Å². The van der Waals surface area contributed by atoms with Gasteiger partial charge < -0.3 is 14.8 Å². The summed E-state index contributed by atoms with van der Waals surface area (Å²) in [7, 11) is 0. The Labute approximate surface area is 126 Å². The van der Waals surface area contributed by atoms with E-state index in [2.05, 4.69) is 10.3 Å². The van der Waals surface area contributed by atoms with Gasteiger partial charge in [-0.2, -0.15) is 0 Å².